The Morgan fingerprint density at radius 2 is 2.19 bits per heavy atom. The first-order chi connectivity index (χ1) is 10.1. The van der Waals surface area contributed by atoms with Gasteiger partial charge in [-0.05, 0) is 31.0 Å². The minimum Gasteiger partial charge on any atom is -0.336 e. The van der Waals surface area contributed by atoms with Crippen molar-refractivity contribution < 1.29 is 4.79 Å². The van der Waals surface area contributed by atoms with Crippen LogP contribution in [-0.2, 0) is 0 Å². The number of likely N-dealkylation sites (tertiary alicyclic amines) is 1. The predicted octanol–water partition coefficient (Wildman–Crippen LogP) is 3.06. The Bertz CT molecular complexity index is 644. The Kier molecular flexibility index (Phi) is 4.12. The first-order valence-electron chi connectivity index (χ1n) is 6.73. The van der Waals surface area contributed by atoms with Crippen molar-refractivity contribution >= 4 is 29.1 Å². The molecule has 7 heteroatoms. The molecule has 2 heterocycles. The molecule has 0 saturated carbocycles. The number of benzene rings is 1. The van der Waals surface area contributed by atoms with Crippen LogP contribution in [0.4, 0.5) is 0 Å². The third-order valence-electron chi connectivity index (χ3n) is 3.66. The third kappa shape index (κ3) is 3.04. The van der Waals surface area contributed by atoms with Crippen molar-refractivity contribution in [1.29, 1.82) is 0 Å². The molecule has 0 N–H and O–H groups in total. The van der Waals surface area contributed by atoms with E-state index in [0.717, 1.165) is 19.4 Å². The number of piperidine rings is 1. The van der Waals surface area contributed by atoms with Gasteiger partial charge in [0.1, 0.15) is 12.7 Å². The van der Waals surface area contributed by atoms with E-state index in [9.17, 15) is 4.79 Å². The lowest BCUT2D eigenvalue weighted by atomic mass is 10.0. The van der Waals surface area contributed by atoms with Crippen molar-refractivity contribution in [3.8, 4) is 0 Å². The molecule has 0 radical (unpaired) electrons. The van der Waals surface area contributed by atoms with Crippen LogP contribution in [0.25, 0.3) is 0 Å². The maximum Gasteiger partial charge on any atom is 0.255 e. The minimum absolute atomic E-state index is 0.0681. The van der Waals surface area contributed by atoms with Gasteiger partial charge in [-0.2, -0.15) is 5.10 Å². The molecule has 0 aliphatic carbocycles. The first-order valence-corrected chi connectivity index (χ1v) is 7.49. The molecule has 0 unspecified atom stereocenters. The Hall–Kier alpha value is -1.59. The van der Waals surface area contributed by atoms with Crippen LogP contribution >= 0.6 is 23.2 Å². The molecule has 0 bridgehead atoms. The average molecular weight is 325 g/mol. The molecule has 1 fully saturated rings. The highest BCUT2D eigenvalue weighted by atomic mass is 35.5. The number of hydrogen-bond acceptors (Lipinski definition) is 3. The Morgan fingerprint density at radius 1 is 1.33 bits per heavy atom. The number of aromatic nitrogens is 3. The molecule has 1 aromatic carbocycles. The highest BCUT2D eigenvalue weighted by molar-refractivity contribution is 6.36. The van der Waals surface area contributed by atoms with E-state index >= 15 is 0 Å². The van der Waals surface area contributed by atoms with Crippen LogP contribution in [0.2, 0.25) is 10.0 Å². The van der Waals surface area contributed by atoms with Crippen LogP contribution in [-0.4, -0.2) is 38.7 Å². The van der Waals surface area contributed by atoms with Gasteiger partial charge < -0.3 is 4.90 Å². The molecule has 21 heavy (non-hydrogen) atoms. The highest BCUT2D eigenvalue weighted by Crippen LogP contribution is 2.26. The van der Waals surface area contributed by atoms with Crippen LogP contribution in [0.3, 0.4) is 0 Å². The predicted molar refractivity (Wildman–Crippen MR) is 80.7 cm³/mol. The lowest BCUT2D eigenvalue weighted by Crippen LogP contribution is -2.41. The van der Waals surface area contributed by atoms with E-state index in [0.29, 0.717) is 22.2 Å². The van der Waals surface area contributed by atoms with E-state index in [-0.39, 0.29) is 11.9 Å². The lowest BCUT2D eigenvalue weighted by Gasteiger charge is -2.32. The van der Waals surface area contributed by atoms with E-state index in [4.69, 9.17) is 23.2 Å². The van der Waals surface area contributed by atoms with Gasteiger partial charge in [-0.15, -0.1) is 0 Å². The van der Waals surface area contributed by atoms with Gasteiger partial charge in [-0.3, -0.25) is 4.79 Å². The van der Waals surface area contributed by atoms with Crippen molar-refractivity contribution in [1.82, 2.24) is 19.7 Å². The van der Waals surface area contributed by atoms with Gasteiger partial charge in [0, 0.05) is 18.1 Å². The van der Waals surface area contributed by atoms with Crippen molar-refractivity contribution in [2.24, 2.45) is 0 Å². The van der Waals surface area contributed by atoms with Crippen molar-refractivity contribution in [2.45, 2.75) is 18.9 Å². The zero-order valence-electron chi connectivity index (χ0n) is 11.2. The maximum absolute atomic E-state index is 12.6. The average Bonchev–Trinajstić information content (AvgIpc) is 3.01. The number of carbonyl (C=O) groups is 1. The minimum atomic E-state index is -0.0681. The number of halogens is 2. The SMILES string of the molecule is O=C(c1ccc(Cl)cc1Cl)N1CCC[C@@H](n2cncn2)C1. The molecule has 0 spiro atoms. The van der Waals surface area contributed by atoms with Gasteiger partial charge in [-0.1, -0.05) is 23.2 Å². The second kappa shape index (κ2) is 6.03. The molecular formula is C14H14Cl2N4O. The summed E-state index contributed by atoms with van der Waals surface area (Å²) in [6.07, 6.45) is 5.12. The molecule has 5 nitrogen and oxygen atoms in total. The summed E-state index contributed by atoms with van der Waals surface area (Å²) in [5.74, 6) is -0.0681. The van der Waals surface area contributed by atoms with Crippen molar-refractivity contribution in [2.75, 3.05) is 13.1 Å². The largest absolute Gasteiger partial charge is 0.336 e. The molecule has 1 aliphatic heterocycles. The molecule has 1 saturated heterocycles. The normalized spacial score (nSPS) is 18.8. The number of hydrogen-bond donors (Lipinski definition) is 0. The Balaban J connectivity index is 1.78. The van der Waals surface area contributed by atoms with E-state index in [2.05, 4.69) is 10.1 Å². The molecule has 3 rings (SSSR count). The molecule has 1 amide bonds. The van der Waals surface area contributed by atoms with Crippen LogP contribution < -0.4 is 0 Å². The second-order valence-corrected chi connectivity index (χ2v) is 5.89. The second-order valence-electron chi connectivity index (χ2n) is 5.05. The molecule has 2 aromatic rings. The van der Waals surface area contributed by atoms with Gasteiger partial charge in [-0.25, -0.2) is 9.67 Å². The molecular weight excluding hydrogens is 311 g/mol. The zero-order chi connectivity index (χ0) is 14.8. The smallest absolute Gasteiger partial charge is 0.255 e. The van der Waals surface area contributed by atoms with Gasteiger partial charge >= 0.3 is 0 Å². The van der Waals surface area contributed by atoms with E-state index in [1.807, 2.05) is 9.58 Å². The number of amides is 1. The summed E-state index contributed by atoms with van der Waals surface area (Å²) in [4.78, 5) is 18.4. The topological polar surface area (TPSA) is 51.0 Å². The maximum atomic E-state index is 12.6. The Morgan fingerprint density at radius 3 is 2.90 bits per heavy atom. The van der Waals surface area contributed by atoms with Gasteiger partial charge in [0.15, 0.2) is 0 Å². The summed E-state index contributed by atoms with van der Waals surface area (Å²) in [5.41, 5.74) is 0.486. The molecule has 1 atom stereocenters. The molecule has 110 valence electrons. The summed E-state index contributed by atoms with van der Waals surface area (Å²) in [6, 6.07) is 5.11. The number of nitrogens with zero attached hydrogens (tertiary/aromatic N) is 4. The standard InChI is InChI=1S/C14H14Cl2N4O/c15-10-3-4-12(13(16)6-10)14(21)19-5-1-2-11(7-19)20-9-17-8-18-20/h3-4,6,8-9,11H,1-2,5,7H2/t11-/m1/s1. The monoisotopic (exact) mass is 324 g/mol. The summed E-state index contributed by atoms with van der Waals surface area (Å²) < 4.78 is 1.81. The fourth-order valence-corrected chi connectivity index (χ4v) is 3.08. The van der Waals surface area contributed by atoms with Gasteiger partial charge in [0.2, 0.25) is 0 Å². The van der Waals surface area contributed by atoms with Gasteiger partial charge in [0.05, 0.1) is 16.6 Å². The van der Waals surface area contributed by atoms with E-state index in [1.165, 1.54) is 6.33 Å². The third-order valence-corrected chi connectivity index (χ3v) is 4.20. The number of carbonyl (C=O) groups excluding carboxylic acids is 1. The van der Waals surface area contributed by atoms with Crippen LogP contribution in [0.5, 0.6) is 0 Å². The summed E-state index contributed by atoms with van der Waals surface area (Å²) in [6.45, 7) is 1.34. The first kappa shape index (κ1) is 14.4. The number of rotatable bonds is 2. The fourth-order valence-electron chi connectivity index (χ4n) is 2.59. The lowest BCUT2D eigenvalue weighted by molar-refractivity contribution is 0.0673. The highest BCUT2D eigenvalue weighted by Gasteiger charge is 2.26. The van der Waals surface area contributed by atoms with Crippen LogP contribution in [0.1, 0.15) is 29.2 Å². The van der Waals surface area contributed by atoms with Gasteiger partial charge in [0.25, 0.3) is 5.91 Å². The van der Waals surface area contributed by atoms with Crippen LogP contribution in [0.15, 0.2) is 30.9 Å². The molecule has 1 aromatic heterocycles. The quantitative estimate of drug-likeness (QED) is 0.853. The summed E-state index contributed by atoms with van der Waals surface area (Å²) >= 11 is 12.0. The van der Waals surface area contributed by atoms with E-state index in [1.54, 1.807) is 24.5 Å². The Labute approximate surface area is 132 Å². The van der Waals surface area contributed by atoms with Crippen molar-refractivity contribution in [3.05, 3.63) is 46.5 Å². The fraction of sp³-hybridized carbons (Fsp3) is 0.357. The summed E-state index contributed by atoms with van der Waals surface area (Å²) in [5, 5.41) is 5.07. The molecule has 1 aliphatic rings. The summed E-state index contributed by atoms with van der Waals surface area (Å²) in [7, 11) is 0. The zero-order valence-corrected chi connectivity index (χ0v) is 12.8. The van der Waals surface area contributed by atoms with E-state index < -0.39 is 0 Å². The van der Waals surface area contributed by atoms with Crippen LogP contribution in [0, 0.1) is 0 Å². The van der Waals surface area contributed by atoms with Crippen molar-refractivity contribution in [3.63, 3.8) is 0 Å².